The molecule has 7 atom stereocenters. The molecule has 2 aromatic rings. The fourth-order valence-corrected chi connectivity index (χ4v) is 6.95. The number of fused-ring (bicyclic) bond motifs is 3. The zero-order chi connectivity index (χ0) is 32.2. The molecule has 2 aromatic carbocycles. The Morgan fingerprint density at radius 3 is 2.49 bits per heavy atom. The quantitative estimate of drug-likeness (QED) is 0.236. The number of ketones is 3. The van der Waals surface area contributed by atoms with Crippen molar-refractivity contribution in [3.05, 3.63) is 51.6 Å². The molecule has 4 aliphatic rings. The van der Waals surface area contributed by atoms with Gasteiger partial charge in [-0.1, -0.05) is 12.1 Å². The highest BCUT2D eigenvalue weighted by Crippen LogP contribution is 2.52. The Morgan fingerprint density at radius 1 is 1.07 bits per heavy atom. The van der Waals surface area contributed by atoms with E-state index in [1.165, 1.54) is 25.3 Å². The molecule has 0 radical (unpaired) electrons. The predicted octanol–water partition coefficient (Wildman–Crippen LogP) is 1.55. The summed E-state index contributed by atoms with van der Waals surface area (Å²) in [6.07, 6.45) is -2.03. The number of phenols is 2. The van der Waals surface area contributed by atoms with Crippen molar-refractivity contribution < 1.29 is 58.5 Å². The summed E-state index contributed by atoms with van der Waals surface area (Å²) in [4.78, 5) is 40.2. The largest absolute Gasteiger partial charge is 0.507 e. The van der Waals surface area contributed by atoms with E-state index in [2.05, 4.69) is 0 Å². The third-order valence-corrected chi connectivity index (χ3v) is 9.22. The molecule has 13 heteroatoms. The summed E-state index contributed by atoms with van der Waals surface area (Å²) in [5.41, 5.74) is 2.98. The number of ether oxygens (including phenoxy) is 5. The number of phenolic OH excluding ortho intramolecular Hbond substituents is 2. The molecule has 6 N–H and O–H groups in total. The monoisotopic (exact) mass is 627 g/mol. The highest BCUT2D eigenvalue weighted by atomic mass is 16.7. The van der Waals surface area contributed by atoms with Gasteiger partial charge < -0.3 is 49.8 Å². The number of methoxy groups -OCH3 is 1. The lowest BCUT2D eigenvalue weighted by molar-refractivity contribution is -0.281. The lowest BCUT2D eigenvalue weighted by Gasteiger charge is -2.43. The van der Waals surface area contributed by atoms with Gasteiger partial charge in [0.2, 0.25) is 5.78 Å². The first-order valence-corrected chi connectivity index (χ1v) is 15.1. The van der Waals surface area contributed by atoms with Gasteiger partial charge in [0.05, 0.1) is 36.0 Å². The maximum absolute atomic E-state index is 13.8. The fraction of sp³-hybridized carbons (Fsp3) is 0.531. The number of carbonyl (C=O) groups excluding carboxylic acids is 3. The number of hydrogen-bond donors (Lipinski definition) is 5. The average Bonchev–Trinajstić information content (AvgIpc) is 3.02. The summed E-state index contributed by atoms with van der Waals surface area (Å²) in [5, 5.41) is 44.2. The van der Waals surface area contributed by atoms with Crippen LogP contribution in [0.25, 0.3) is 0 Å². The van der Waals surface area contributed by atoms with Crippen LogP contribution in [-0.2, 0) is 30.2 Å². The number of aromatic hydroxyl groups is 2. The molecular weight excluding hydrogens is 590 g/mol. The molecule has 0 unspecified atom stereocenters. The van der Waals surface area contributed by atoms with Gasteiger partial charge in [0.25, 0.3) is 0 Å². The van der Waals surface area contributed by atoms with Gasteiger partial charge in [-0.3, -0.25) is 14.4 Å². The predicted molar refractivity (Wildman–Crippen MR) is 154 cm³/mol. The molecule has 0 spiro atoms. The molecule has 2 saturated heterocycles. The second-order valence-corrected chi connectivity index (χ2v) is 12.1. The van der Waals surface area contributed by atoms with Crippen LogP contribution in [-0.4, -0.2) is 94.5 Å². The van der Waals surface area contributed by atoms with Crippen molar-refractivity contribution in [2.75, 3.05) is 20.3 Å². The minimum absolute atomic E-state index is 0.0409. The highest BCUT2D eigenvalue weighted by molar-refractivity contribution is 6.31. The number of aliphatic hydroxyl groups excluding tert-OH is 1. The second kappa shape index (κ2) is 12.1. The number of benzene rings is 2. The van der Waals surface area contributed by atoms with Gasteiger partial charge in [0.15, 0.2) is 24.1 Å². The van der Waals surface area contributed by atoms with E-state index in [0.29, 0.717) is 6.61 Å². The molecule has 0 saturated carbocycles. The first-order valence-electron chi connectivity index (χ1n) is 15.1. The smallest absolute Gasteiger partial charge is 0.202 e. The number of Topliss-reactive ketones (excluding diaryl/α,β-unsaturated/α-hetero) is 1. The Balaban J connectivity index is 1.38. The molecule has 45 heavy (non-hydrogen) atoms. The lowest BCUT2D eigenvalue weighted by Crippen LogP contribution is -2.55. The molecule has 2 fully saturated rings. The first-order chi connectivity index (χ1) is 21.5. The zero-order valence-corrected chi connectivity index (χ0v) is 25.0. The van der Waals surface area contributed by atoms with Crippen LogP contribution >= 0.6 is 0 Å². The Hall–Kier alpha value is -3.43. The van der Waals surface area contributed by atoms with Crippen molar-refractivity contribution in [3.63, 3.8) is 0 Å². The van der Waals surface area contributed by atoms with Gasteiger partial charge in [-0.15, -0.1) is 0 Å². The van der Waals surface area contributed by atoms with E-state index in [1.807, 2.05) is 0 Å². The van der Waals surface area contributed by atoms with Gasteiger partial charge in [0, 0.05) is 48.6 Å². The number of carbonyl (C=O) groups is 3. The number of hydrogen-bond acceptors (Lipinski definition) is 13. The van der Waals surface area contributed by atoms with Crippen LogP contribution in [0.5, 0.6) is 17.2 Å². The topological polar surface area (TPSA) is 204 Å². The van der Waals surface area contributed by atoms with E-state index >= 15 is 0 Å². The van der Waals surface area contributed by atoms with Gasteiger partial charge in [-0.25, -0.2) is 0 Å². The maximum Gasteiger partial charge on any atom is 0.202 e. The highest BCUT2D eigenvalue weighted by Gasteiger charge is 2.50. The van der Waals surface area contributed by atoms with Crippen molar-refractivity contribution in [1.29, 1.82) is 0 Å². The van der Waals surface area contributed by atoms with E-state index < -0.39 is 102 Å². The van der Waals surface area contributed by atoms with Gasteiger partial charge in [-0.2, -0.15) is 0 Å². The van der Waals surface area contributed by atoms with E-state index in [-0.39, 0.29) is 34.4 Å². The Morgan fingerprint density at radius 2 is 1.82 bits per heavy atom. The van der Waals surface area contributed by atoms with Crippen molar-refractivity contribution in [2.45, 2.75) is 88.0 Å². The molecule has 0 aromatic heterocycles. The van der Waals surface area contributed by atoms with Gasteiger partial charge >= 0.3 is 0 Å². The van der Waals surface area contributed by atoms with Crippen molar-refractivity contribution in [1.82, 2.24) is 0 Å². The maximum atomic E-state index is 13.8. The van der Waals surface area contributed by atoms with Crippen LogP contribution in [0.15, 0.2) is 18.2 Å². The summed E-state index contributed by atoms with van der Waals surface area (Å²) >= 11 is 0. The zero-order valence-electron chi connectivity index (χ0n) is 25.0. The third kappa shape index (κ3) is 5.31. The summed E-state index contributed by atoms with van der Waals surface area (Å²) in [5.74, 6) is -3.67. The number of nitrogens with two attached hydrogens (primary N) is 1. The van der Waals surface area contributed by atoms with Crippen molar-refractivity contribution in [2.24, 2.45) is 5.73 Å². The molecule has 0 bridgehead atoms. The average molecular weight is 628 g/mol. The van der Waals surface area contributed by atoms with Crippen LogP contribution < -0.4 is 10.5 Å². The first kappa shape index (κ1) is 31.5. The second-order valence-electron chi connectivity index (χ2n) is 12.1. The molecule has 2 aliphatic carbocycles. The molecule has 2 aliphatic heterocycles. The Bertz CT molecular complexity index is 1520. The van der Waals surface area contributed by atoms with Crippen molar-refractivity contribution in [3.8, 4) is 17.2 Å². The van der Waals surface area contributed by atoms with Gasteiger partial charge in [-0.05, 0) is 32.3 Å². The summed E-state index contributed by atoms with van der Waals surface area (Å²) in [6, 6.07) is 3.86. The van der Waals surface area contributed by atoms with Crippen LogP contribution in [0.1, 0.15) is 88.1 Å². The Kier molecular flexibility index (Phi) is 8.46. The summed E-state index contributed by atoms with van der Waals surface area (Å²) in [7, 11) is 1.34. The van der Waals surface area contributed by atoms with Crippen LogP contribution in [0.2, 0.25) is 0 Å². The van der Waals surface area contributed by atoms with E-state index in [1.54, 1.807) is 6.92 Å². The molecule has 2 heterocycles. The SMILES string of the molecule is COc1cccc2c1C(=O)c1c(O)c3c(c(O)c1C2=O)C[C@](O)(C(=O)CO)C[C@@H]3O[C@@H]1C[C@H](N)[C@H](O[C@H]2CCCCO2)[C@H](C)O1. The lowest BCUT2D eigenvalue weighted by atomic mass is 9.72. The third-order valence-electron chi connectivity index (χ3n) is 9.22. The molecule has 0 amide bonds. The van der Waals surface area contributed by atoms with E-state index in [0.717, 1.165) is 19.3 Å². The minimum Gasteiger partial charge on any atom is -0.507 e. The molecule has 13 nitrogen and oxygen atoms in total. The standard InChI is InChI=1S/C32H37NO12/c1-14-31(45-21-8-3-4-9-42-21)17(33)10-22(43-14)44-19-12-32(40,20(35)13-34)11-16-24(19)30(39)26-25(28(16)37)27(36)15-6-5-7-18(41-2)23(15)29(26)38/h5-7,14,17,19,21-22,31,34,37,39-40H,3-4,8-13,33H2,1-2H3/t14-,17-,19-,21-,22+,31+,32+/m0/s1. The van der Waals surface area contributed by atoms with Crippen LogP contribution in [0.4, 0.5) is 0 Å². The normalized spacial score (nSPS) is 31.1. The molecule has 242 valence electrons. The van der Waals surface area contributed by atoms with Crippen molar-refractivity contribution >= 4 is 17.3 Å². The van der Waals surface area contributed by atoms with E-state index in [9.17, 15) is 34.8 Å². The summed E-state index contributed by atoms with van der Waals surface area (Å²) in [6.45, 7) is 1.35. The number of rotatable bonds is 7. The fourth-order valence-electron chi connectivity index (χ4n) is 6.95. The van der Waals surface area contributed by atoms with Gasteiger partial charge in [0.1, 0.15) is 35.6 Å². The number of aliphatic hydroxyl groups is 2. The summed E-state index contributed by atoms with van der Waals surface area (Å²) < 4.78 is 29.5. The molecular formula is C32H37NO12. The van der Waals surface area contributed by atoms with Crippen LogP contribution in [0.3, 0.4) is 0 Å². The molecule has 6 rings (SSSR count). The van der Waals surface area contributed by atoms with Crippen LogP contribution in [0, 0.1) is 0 Å². The Labute approximate surface area is 258 Å². The van der Waals surface area contributed by atoms with E-state index in [4.69, 9.17) is 29.4 Å². The minimum atomic E-state index is -2.24.